The molecule has 2 nitrogen and oxygen atoms in total. The van der Waals surface area contributed by atoms with Gasteiger partial charge < -0.3 is 9.84 Å². The molecule has 82 valence electrons. The Hall–Kier alpha value is -0.860. The van der Waals surface area contributed by atoms with Gasteiger partial charge in [0, 0.05) is 12.5 Å². The second kappa shape index (κ2) is 4.33. The summed E-state index contributed by atoms with van der Waals surface area (Å²) in [5.41, 5.74) is 3.45. The van der Waals surface area contributed by atoms with E-state index in [0.29, 0.717) is 6.61 Å². The average Bonchev–Trinajstić information content (AvgIpc) is 2.67. The Morgan fingerprint density at radius 3 is 2.47 bits per heavy atom. The van der Waals surface area contributed by atoms with Crippen LogP contribution >= 0.6 is 0 Å². The van der Waals surface area contributed by atoms with Crippen molar-refractivity contribution in [2.45, 2.75) is 26.4 Å². The Morgan fingerprint density at radius 2 is 1.93 bits per heavy atom. The van der Waals surface area contributed by atoms with Crippen LogP contribution in [-0.4, -0.2) is 18.3 Å². The normalized spacial score (nSPS) is 23.0. The molecule has 0 aliphatic carbocycles. The van der Waals surface area contributed by atoms with Crippen molar-refractivity contribution in [1.29, 1.82) is 0 Å². The van der Waals surface area contributed by atoms with Crippen LogP contribution in [0.1, 0.15) is 29.2 Å². The van der Waals surface area contributed by atoms with Crippen LogP contribution in [-0.2, 0) is 4.74 Å². The van der Waals surface area contributed by atoms with Gasteiger partial charge in [0.25, 0.3) is 0 Å². The first-order chi connectivity index (χ1) is 7.16. The smallest absolute Gasteiger partial charge is 0.0841 e. The molecule has 15 heavy (non-hydrogen) atoms. The molecule has 2 unspecified atom stereocenters. The van der Waals surface area contributed by atoms with E-state index in [2.05, 4.69) is 32.0 Å². The van der Waals surface area contributed by atoms with Crippen molar-refractivity contribution in [2.24, 2.45) is 5.92 Å². The fourth-order valence-electron chi connectivity index (χ4n) is 2.25. The predicted octanol–water partition coefficient (Wildman–Crippen LogP) is 2.37. The molecule has 1 saturated heterocycles. The SMILES string of the molecule is Cc1cc(C)cc(C(O)C2CCOC2)c1. The summed E-state index contributed by atoms with van der Waals surface area (Å²) in [7, 11) is 0. The van der Waals surface area contributed by atoms with Crippen molar-refractivity contribution in [3.63, 3.8) is 0 Å². The van der Waals surface area contributed by atoms with Crippen LogP contribution in [0.15, 0.2) is 18.2 Å². The van der Waals surface area contributed by atoms with Gasteiger partial charge in [0.05, 0.1) is 12.7 Å². The molecule has 1 aromatic carbocycles. The Kier molecular flexibility index (Phi) is 3.08. The Balaban J connectivity index is 2.20. The Bertz CT molecular complexity index is 320. The van der Waals surface area contributed by atoms with Crippen molar-refractivity contribution in [2.75, 3.05) is 13.2 Å². The highest BCUT2D eigenvalue weighted by atomic mass is 16.5. The number of ether oxygens (including phenoxy) is 1. The van der Waals surface area contributed by atoms with Gasteiger partial charge in [0.2, 0.25) is 0 Å². The minimum Gasteiger partial charge on any atom is -0.388 e. The molecule has 1 heterocycles. The van der Waals surface area contributed by atoms with Crippen molar-refractivity contribution in [3.8, 4) is 0 Å². The summed E-state index contributed by atoms with van der Waals surface area (Å²) in [6.45, 7) is 5.60. The number of benzene rings is 1. The van der Waals surface area contributed by atoms with Crippen LogP contribution in [0.25, 0.3) is 0 Å². The number of rotatable bonds is 2. The largest absolute Gasteiger partial charge is 0.388 e. The van der Waals surface area contributed by atoms with Crippen LogP contribution in [0.3, 0.4) is 0 Å². The lowest BCUT2D eigenvalue weighted by molar-refractivity contribution is 0.0917. The highest BCUT2D eigenvalue weighted by molar-refractivity contribution is 5.30. The summed E-state index contributed by atoms with van der Waals surface area (Å²) in [5, 5.41) is 10.2. The highest BCUT2D eigenvalue weighted by Gasteiger charge is 2.25. The molecule has 2 rings (SSSR count). The molecule has 0 radical (unpaired) electrons. The van der Waals surface area contributed by atoms with Gasteiger partial charge in [-0.15, -0.1) is 0 Å². The molecule has 1 N–H and O–H groups in total. The number of aryl methyl sites for hydroxylation is 2. The lowest BCUT2D eigenvalue weighted by Crippen LogP contribution is -2.12. The minimum absolute atomic E-state index is 0.270. The van der Waals surface area contributed by atoms with Crippen LogP contribution in [0.4, 0.5) is 0 Å². The molecule has 2 atom stereocenters. The number of hydrogen-bond donors (Lipinski definition) is 1. The molecule has 0 amide bonds. The summed E-state index contributed by atoms with van der Waals surface area (Å²) in [4.78, 5) is 0. The van der Waals surface area contributed by atoms with Gasteiger partial charge in [-0.1, -0.05) is 29.3 Å². The molecular formula is C13H18O2. The first-order valence-electron chi connectivity index (χ1n) is 5.51. The van der Waals surface area contributed by atoms with Crippen molar-refractivity contribution in [3.05, 3.63) is 34.9 Å². The maximum Gasteiger partial charge on any atom is 0.0841 e. The van der Waals surface area contributed by atoms with Crippen molar-refractivity contribution >= 4 is 0 Å². The van der Waals surface area contributed by atoms with Gasteiger partial charge in [-0.2, -0.15) is 0 Å². The summed E-state index contributed by atoms with van der Waals surface area (Å²) in [6.07, 6.45) is 0.597. The maximum absolute atomic E-state index is 10.2. The molecule has 1 aromatic rings. The summed E-state index contributed by atoms with van der Waals surface area (Å²) in [6, 6.07) is 6.26. The lowest BCUT2D eigenvalue weighted by atomic mass is 9.93. The van der Waals surface area contributed by atoms with Crippen LogP contribution in [0.2, 0.25) is 0 Å². The van der Waals surface area contributed by atoms with E-state index in [1.54, 1.807) is 0 Å². The topological polar surface area (TPSA) is 29.5 Å². The molecule has 1 aliphatic rings. The summed E-state index contributed by atoms with van der Waals surface area (Å²) < 4.78 is 5.30. The van der Waals surface area contributed by atoms with Crippen LogP contribution in [0, 0.1) is 19.8 Å². The van der Waals surface area contributed by atoms with Crippen molar-refractivity contribution < 1.29 is 9.84 Å². The van der Waals surface area contributed by atoms with Gasteiger partial charge >= 0.3 is 0 Å². The van der Waals surface area contributed by atoms with Gasteiger partial charge in [-0.3, -0.25) is 0 Å². The molecule has 1 fully saturated rings. The first-order valence-corrected chi connectivity index (χ1v) is 5.51. The highest BCUT2D eigenvalue weighted by Crippen LogP contribution is 2.29. The van der Waals surface area contributed by atoms with E-state index < -0.39 is 0 Å². The lowest BCUT2D eigenvalue weighted by Gasteiger charge is -2.17. The fraction of sp³-hybridized carbons (Fsp3) is 0.538. The van der Waals surface area contributed by atoms with Crippen LogP contribution < -0.4 is 0 Å². The van der Waals surface area contributed by atoms with Crippen molar-refractivity contribution in [1.82, 2.24) is 0 Å². The standard InChI is InChI=1S/C13H18O2/c1-9-5-10(2)7-12(6-9)13(14)11-3-4-15-8-11/h5-7,11,13-14H,3-4,8H2,1-2H3. The van der Waals surface area contributed by atoms with Gasteiger partial charge in [-0.05, 0) is 25.8 Å². The van der Waals surface area contributed by atoms with E-state index in [1.807, 2.05) is 0 Å². The van der Waals surface area contributed by atoms with E-state index in [1.165, 1.54) is 11.1 Å². The fourth-order valence-corrected chi connectivity index (χ4v) is 2.25. The van der Waals surface area contributed by atoms with Crippen LogP contribution in [0.5, 0.6) is 0 Å². The quantitative estimate of drug-likeness (QED) is 0.805. The zero-order valence-electron chi connectivity index (χ0n) is 9.36. The van der Waals surface area contributed by atoms with E-state index in [9.17, 15) is 5.11 Å². The first kappa shape index (κ1) is 10.7. The predicted molar refractivity (Wildman–Crippen MR) is 59.8 cm³/mol. The Morgan fingerprint density at radius 1 is 1.27 bits per heavy atom. The monoisotopic (exact) mass is 206 g/mol. The third-order valence-electron chi connectivity index (χ3n) is 3.00. The second-order valence-electron chi connectivity index (χ2n) is 4.49. The van der Waals surface area contributed by atoms with Gasteiger partial charge in [0.1, 0.15) is 0 Å². The van der Waals surface area contributed by atoms with E-state index in [0.717, 1.165) is 18.6 Å². The molecular weight excluding hydrogens is 188 g/mol. The zero-order chi connectivity index (χ0) is 10.8. The Labute approximate surface area is 90.9 Å². The molecule has 0 spiro atoms. The summed E-state index contributed by atoms with van der Waals surface area (Å²) in [5.74, 6) is 0.270. The minimum atomic E-state index is -0.369. The molecule has 2 heteroatoms. The van der Waals surface area contributed by atoms with E-state index in [4.69, 9.17) is 4.74 Å². The van der Waals surface area contributed by atoms with E-state index >= 15 is 0 Å². The number of aliphatic hydroxyl groups is 1. The van der Waals surface area contributed by atoms with Gasteiger partial charge in [0.15, 0.2) is 0 Å². The summed E-state index contributed by atoms with van der Waals surface area (Å²) >= 11 is 0. The maximum atomic E-state index is 10.2. The third-order valence-corrected chi connectivity index (χ3v) is 3.00. The molecule has 0 aromatic heterocycles. The molecule has 1 aliphatic heterocycles. The third kappa shape index (κ3) is 2.39. The van der Waals surface area contributed by atoms with E-state index in [-0.39, 0.29) is 12.0 Å². The second-order valence-corrected chi connectivity index (χ2v) is 4.49. The molecule has 0 bridgehead atoms. The average molecular weight is 206 g/mol. The number of hydrogen-bond acceptors (Lipinski definition) is 2. The van der Waals surface area contributed by atoms with Gasteiger partial charge in [-0.25, -0.2) is 0 Å². The molecule has 0 saturated carbocycles. The zero-order valence-corrected chi connectivity index (χ0v) is 9.36. The number of aliphatic hydroxyl groups excluding tert-OH is 1.